The maximum absolute atomic E-state index is 2.10. The Morgan fingerprint density at radius 3 is 1.24 bits per heavy atom. The second kappa shape index (κ2) is 7.64. The second-order valence-corrected chi connectivity index (χ2v) is 3.54. The van der Waals surface area contributed by atoms with E-state index in [-0.39, 0.29) is 17.0 Å². The lowest BCUT2D eigenvalue weighted by molar-refractivity contribution is 1.65. The van der Waals surface area contributed by atoms with Crippen molar-refractivity contribution in [3.05, 3.63) is 83.9 Å². The summed E-state index contributed by atoms with van der Waals surface area (Å²) in [5.74, 6) is 0. The first kappa shape index (κ1) is 13.5. The third kappa shape index (κ3) is 4.83. The first-order valence-electron chi connectivity index (χ1n) is 5.40. The average molecular weight is 287 g/mol. The molecule has 17 heavy (non-hydrogen) atoms. The molecule has 0 aliphatic heterocycles. The molecule has 0 saturated carbocycles. The van der Waals surface area contributed by atoms with E-state index in [1.807, 2.05) is 36.4 Å². The van der Waals surface area contributed by atoms with Gasteiger partial charge in [0.2, 0.25) is 0 Å². The lowest BCUT2D eigenvalue weighted by atomic mass is 10.2. The molecule has 0 radical (unpaired) electrons. The molecule has 0 atom stereocenters. The minimum absolute atomic E-state index is 0. The summed E-state index contributed by atoms with van der Waals surface area (Å²) >= 11 is 0. The fourth-order valence-corrected chi connectivity index (χ4v) is 1.46. The zero-order valence-electron chi connectivity index (χ0n) is 9.49. The normalized spacial score (nSPS) is 10.6. The van der Waals surface area contributed by atoms with Crippen molar-refractivity contribution in [2.75, 3.05) is 0 Å². The molecule has 86 valence electrons. The fourth-order valence-electron chi connectivity index (χ4n) is 1.46. The van der Waals surface area contributed by atoms with E-state index in [2.05, 4.69) is 48.6 Å². The van der Waals surface area contributed by atoms with Gasteiger partial charge in [0.05, 0.1) is 0 Å². The number of benzene rings is 2. The Labute approximate surface area is 113 Å². The second-order valence-electron chi connectivity index (χ2n) is 3.54. The van der Waals surface area contributed by atoms with Gasteiger partial charge >= 0.3 is 0 Å². The van der Waals surface area contributed by atoms with Gasteiger partial charge in [-0.05, 0) is 11.1 Å². The highest BCUT2D eigenvalue weighted by Gasteiger charge is 1.81. The molecule has 2 rings (SSSR count). The van der Waals surface area contributed by atoms with E-state index in [1.165, 1.54) is 11.1 Å². The number of allylic oxidation sites excluding steroid dienone is 2. The van der Waals surface area contributed by atoms with E-state index in [9.17, 15) is 0 Å². The Kier molecular flexibility index (Phi) is 6.05. The monoisotopic (exact) mass is 286 g/mol. The van der Waals surface area contributed by atoms with Crippen LogP contribution in [-0.2, 0) is 0 Å². The van der Waals surface area contributed by atoms with Gasteiger partial charge in [-0.2, -0.15) is 0 Å². The molecule has 0 fully saturated rings. The van der Waals surface area contributed by atoms with Gasteiger partial charge in [-0.3, -0.25) is 0 Å². The lowest BCUT2D eigenvalue weighted by Crippen LogP contribution is -1.68. The van der Waals surface area contributed by atoms with Crippen molar-refractivity contribution in [2.45, 2.75) is 0 Å². The van der Waals surface area contributed by atoms with Gasteiger partial charge in [0.1, 0.15) is 0 Å². The van der Waals surface area contributed by atoms with Crippen LogP contribution in [0.1, 0.15) is 11.1 Å². The topological polar surface area (TPSA) is 0 Å². The molecule has 0 aliphatic rings. The highest BCUT2D eigenvalue weighted by atomic mass is 79.9. The van der Waals surface area contributed by atoms with Gasteiger partial charge in [-0.25, -0.2) is 0 Å². The van der Waals surface area contributed by atoms with Gasteiger partial charge in [0.15, 0.2) is 0 Å². The van der Waals surface area contributed by atoms with Crippen LogP contribution in [0.4, 0.5) is 0 Å². The quantitative estimate of drug-likeness (QED) is 0.697. The van der Waals surface area contributed by atoms with Gasteiger partial charge in [-0.15, -0.1) is 17.0 Å². The zero-order chi connectivity index (χ0) is 11.1. The van der Waals surface area contributed by atoms with E-state index in [0.717, 1.165) is 0 Å². The van der Waals surface area contributed by atoms with Crippen molar-refractivity contribution < 1.29 is 0 Å². The summed E-state index contributed by atoms with van der Waals surface area (Å²) in [5, 5.41) is 0. The largest absolute Gasteiger partial charge is 0.114 e. The molecular weight excluding hydrogens is 272 g/mol. The van der Waals surface area contributed by atoms with Crippen molar-refractivity contribution in [2.24, 2.45) is 0 Å². The Bertz CT molecular complexity index is 422. The molecule has 0 aromatic heterocycles. The maximum atomic E-state index is 2.10. The van der Waals surface area contributed by atoms with E-state index < -0.39 is 0 Å². The van der Waals surface area contributed by atoms with Crippen LogP contribution < -0.4 is 0 Å². The Morgan fingerprint density at radius 2 is 0.882 bits per heavy atom. The fraction of sp³-hybridized carbons (Fsp3) is 0. The smallest absolute Gasteiger partial charge is 0.0257 e. The number of hydrogen-bond donors (Lipinski definition) is 0. The van der Waals surface area contributed by atoms with Crippen LogP contribution in [0, 0.1) is 0 Å². The highest BCUT2D eigenvalue weighted by molar-refractivity contribution is 8.93. The Hall–Kier alpha value is -1.60. The van der Waals surface area contributed by atoms with Gasteiger partial charge in [-0.1, -0.05) is 85.0 Å². The van der Waals surface area contributed by atoms with Crippen LogP contribution >= 0.6 is 17.0 Å². The average Bonchev–Trinajstić information content (AvgIpc) is 2.37. The molecule has 0 saturated heterocycles. The molecule has 0 aliphatic carbocycles. The van der Waals surface area contributed by atoms with Crippen LogP contribution in [0.25, 0.3) is 12.2 Å². The molecule has 0 N–H and O–H groups in total. The zero-order valence-corrected chi connectivity index (χ0v) is 11.2. The van der Waals surface area contributed by atoms with Crippen molar-refractivity contribution in [3.8, 4) is 0 Å². The highest BCUT2D eigenvalue weighted by Crippen LogP contribution is 2.03. The van der Waals surface area contributed by atoms with E-state index in [1.54, 1.807) is 0 Å². The molecular formula is C16H15Br. The van der Waals surface area contributed by atoms with Crippen molar-refractivity contribution in [1.29, 1.82) is 0 Å². The summed E-state index contributed by atoms with van der Waals surface area (Å²) in [7, 11) is 0. The van der Waals surface area contributed by atoms with Crippen LogP contribution in [0.15, 0.2) is 72.8 Å². The Balaban J connectivity index is 0.00000144. The number of hydrogen-bond acceptors (Lipinski definition) is 0. The summed E-state index contributed by atoms with van der Waals surface area (Å²) in [5.41, 5.74) is 2.44. The molecule has 0 heterocycles. The summed E-state index contributed by atoms with van der Waals surface area (Å²) in [6, 6.07) is 20.6. The third-order valence-corrected chi connectivity index (χ3v) is 2.29. The van der Waals surface area contributed by atoms with Crippen molar-refractivity contribution in [1.82, 2.24) is 0 Å². The molecule has 0 nitrogen and oxygen atoms in total. The van der Waals surface area contributed by atoms with Crippen LogP contribution in [-0.4, -0.2) is 0 Å². The van der Waals surface area contributed by atoms with Gasteiger partial charge in [0.25, 0.3) is 0 Å². The molecule has 2 aromatic carbocycles. The summed E-state index contributed by atoms with van der Waals surface area (Å²) in [4.78, 5) is 0. The molecule has 2 aromatic rings. The van der Waals surface area contributed by atoms with Crippen LogP contribution in [0.3, 0.4) is 0 Å². The Morgan fingerprint density at radius 1 is 0.529 bits per heavy atom. The predicted octanol–water partition coefficient (Wildman–Crippen LogP) is 4.99. The number of rotatable bonds is 3. The van der Waals surface area contributed by atoms with E-state index >= 15 is 0 Å². The van der Waals surface area contributed by atoms with E-state index in [4.69, 9.17) is 0 Å². The SMILES string of the molecule is Br.C(/C=C/c1ccccc1)=C\c1ccccc1. The molecule has 0 unspecified atom stereocenters. The lowest BCUT2D eigenvalue weighted by Gasteiger charge is -1.90. The summed E-state index contributed by atoms with van der Waals surface area (Å²) in [6.45, 7) is 0. The molecule has 0 bridgehead atoms. The van der Waals surface area contributed by atoms with Crippen LogP contribution in [0.5, 0.6) is 0 Å². The maximum Gasteiger partial charge on any atom is -0.0257 e. The molecule has 0 spiro atoms. The third-order valence-electron chi connectivity index (χ3n) is 2.29. The first-order valence-corrected chi connectivity index (χ1v) is 5.40. The van der Waals surface area contributed by atoms with Gasteiger partial charge in [0, 0.05) is 0 Å². The summed E-state index contributed by atoms with van der Waals surface area (Å²) in [6.07, 6.45) is 8.31. The minimum Gasteiger partial charge on any atom is -0.114 e. The van der Waals surface area contributed by atoms with Crippen molar-refractivity contribution >= 4 is 29.1 Å². The first-order chi connectivity index (χ1) is 7.95. The van der Waals surface area contributed by atoms with Crippen LogP contribution in [0.2, 0.25) is 0 Å². The standard InChI is InChI=1S/C16H14.BrH/c1-3-9-15(10-4-1)13-7-8-14-16-11-5-2-6-12-16;/h1-14H;1H/b13-7+,14-8+;. The summed E-state index contributed by atoms with van der Waals surface area (Å²) < 4.78 is 0. The van der Waals surface area contributed by atoms with Crippen molar-refractivity contribution in [3.63, 3.8) is 0 Å². The predicted molar refractivity (Wildman–Crippen MR) is 81.3 cm³/mol. The minimum atomic E-state index is 0. The van der Waals surface area contributed by atoms with E-state index in [0.29, 0.717) is 0 Å². The van der Waals surface area contributed by atoms with Gasteiger partial charge < -0.3 is 0 Å². The number of halogens is 1. The molecule has 0 amide bonds. The molecule has 1 heteroatoms.